The summed E-state index contributed by atoms with van der Waals surface area (Å²) in [5.74, 6) is -0.138. The van der Waals surface area contributed by atoms with E-state index < -0.39 is 23.3 Å². The number of hydrogen-bond acceptors (Lipinski definition) is 4. The van der Waals surface area contributed by atoms with Gasteiger partial charge in [0, 0.05) is 5.92 Å². The molecule has 0 aromatic heterocycles. The molecule has 1 aliphatic rings. The van der Waals surface area contributed by atoms with Gasteiger partial charge in [0.2, 0.25) is 0 Å². The Bertz CT molecular complexity index is 382. The second-order valence-electron chi connectivity index (χ2n) is 7.25. The molecule has 1 fully saturated rings. The summed E-state index contributed by atoms with van der Waals surface area (Å²) in [5, 5.41) is 0. The Morgan fingerprint density at radius 1 is 1.30 bits per heavy atom. The van der Waals surface area contributed by atoms with E-state index in [1.54, 1.807) is 0 Å². The highest BCUT2D eigenvalue weighted by Gasteiger charge is 2.42. The van der Waals surface area contributed by atoms with Crippen LogP contribution in [0.5, 0.6) is 0 Å². The van der Waals surface area contributed by atoms with Crippen LogP contribution in [-0.2, 0) is 14.3 Å². The van der Waals surface area contributed by atoms with Gasteiger partial charge >= 0.3 is 6.09 Å². The fourth-order valence-electron chi connectivity index (χ4n) is 2.09. The largest absolute Gasteiger partial charge is 0.444 e. The Hall–Kier alpha value is -1.10. The van der Waals surface area contributed by atoms with Gasteiger partial charge in [-0.25, -0.2) is 4.79 Å². The van der Waals surface area contributed by atoms with Crippen LogP contribution in [0.1, 0.15) is 48.5 Å². The summed E-state index contributed by atoms with van der Waals surface area (Å²) in [6.07, 6.45) is -0.451. The average molecular weight is 285 g/mol. The number of carbonyl (C=O) groups excluding carboxylic acids is 2. The van der Waals surface area contributed by atoms with Gasteiger partial charge in [0.1, 0.15) is 11.6 Å². The van der Waals surface area contributed by atoms with E-state index >= 15 is 0 Å². The Balaban J connectivity index is 2.93. The number of morpholine rings is 1. The monoisotopic (exact) mass is 285 g/mol. The third kappa shape index (κ3) is 4.47. The van der Waals surface area contributed by atoms with Gasteiger partial charge in [0.15, 0.2) is 5.78 Å². The van der Waals surface area contributed by atoms with Crippen LogP contribution in [0.25, 0.3) is 0 Å². The lowest BCUT2D eigenvalue weighted by Gasteiger charge is -2.43. The molecule has 5 heteroatoms. The summed E-state index contributed by atoms with van der Waals surface area (Å²) < 4.78 is 11.1. The molecular formula is C15H27NO4. The minimum absolute atomic E-state index is 0.00589. The van der Waals surface area contributed by atoms with Crippen LogP contribution in [0.3, 0.4) is 0 Å². The number of ketones is 1. The van der Waals surface area contributed by atoms with E-state index in [9.17, 15) is 9.59 Å². The molecule has 0 saturated carbocycles. The van der Waals surface area contributed by atoms with Crippen molar-refractivity contribution in [2.24, 2.45) is 5.92 Å². The van der Waals surface area contributed by atoms with Crippen LogP contribution in [0, 0.1) is 5.92 Å². The van der Waals surface area contributed by atoms with Gasteiger partial charge in [-0.3, -0.25) is 9.69 Å². The van der Waals surface area contributed by atoms with Crippen LogP contribution in [0.2, 0.25) is 0 Å². The van der Waals surface area contributed by atoms with E-state index in [4.69, 9.17) is 9.47 Å². The van der Waals surface area contributed by atoms with Crippen LogP contribution in [0.4, 0.5) is 4.79 Å². The fourth-order valence-corrected chi connectivity index (χ4v) is 2.09. The van der Waals surface area contributed by atoms with Crippen molar-refractivity contribution in [1.29, 1.82) is 0 Å². The SMILES string of the molecule is CC(C)C(=O)[C@@H]1COC(C)(C)CN1C(=O)OC(C)(C)C. The maximum atomic E-state index is 12.3. The number of hydrogen-bond donors (Lipinski definition) is 0. The first-order chi connectivity index (χ1) is 8.93. The van der Waals surface area contributed by atoms with Gasteiger partial charge < -0.3 is 9.47 Å². The molecule has 1 heterocycles. The van der Waals surface area contributed by atoms with Gasteiger partial charge in [-0.15, -0.1) is 0 Å². The normalized spacial score (nSPS) is 22.8. The molecule has 0 spiro atoms. The Kier molecular flexibility index (Phi) is 4.85. The molecule has 0 radical (unpaired) electrons. The average Bonchev–Trinajstić information content (AvgIpc) is 2.24. The van der Waals surface area contributed by atoms with Crippen molar-refractivity contribution < 1.29 is 19.1 Å². The maximum absolute atomic E-state index is 12.3. The highest BCUT2D eigenvalue weighted by atomic mass is 16.6. The van der Waals surface area contributed by atoms with Crippen molar-refractivity contribution in [3.05, 3.63) is 0 Å². The van der Waals surface area contributed by atoms with Crippen molar-refractivity contribution in [2.75, 3.05) is 13.2 Å². The summed E-state index contributed by atoms with van der Waals surface area (Å²) in [6.45, 7) is 13.5. The second kappa shape index (κ2) is 5.72. The van der Waals surface area contributed by atoms with Crippen LogP contribution >= 0.6 is 0 Å². The molecule has 0 bridgehead atoms. The Morgan fingerprint density at radius 2 is 1.85 bits per heavy atom. The lowest BCUT2D eigenvalue weighted by atomic mass is 9.97. The molecule has 0 unspecified atom stereocenters. The van der Waals surface area contributed by atoms with Gasteiger partial charge in [-0.1, -0.05) is 13.8 Å². The Morgan fingerprint density at radius 3 is 2.30 bits per heavy atom. The third-order valence-electron chi connectivity index (χ3n) is 3.08. The van der Waals surface area contributed by atoms with E-state index in [1.807, 2.05) is 48.5 Å². The zero-order chi connectivity index (χ0) is 15.7. The molecule has 1 rings (SSSR count). The van der Waals surface area contributed by atoms with E-state index in [-0.39, 0.29) is 18.3 Å². The molecule has 1 amide bonds. The first kappa shape index (κ1) is 17.0. The van der Waals surface area contributed by atoms with Crippen LogP contribution in [-0.4, -0.2) is 47.2 Å². The van der Waals surface area contributed by atoms with Crippen LogP contribution < -0.4 is 0 Å². The van der Waals surface area contributed by atoms with Crippen molar-refractivity contribution >= 4 is 11.9 Å². The van der Waals surface area contributed by atoms with Gasteiger partial charge in [0.25, 0.3) is 0 Å². The lowest BCUT2D eigenvalue weighted by Crippen LogP contribution is -2.60. The molecule has 0 aromatic rings. The zero-order valence-corrected chi connectivity index (χ0v) is 13.6. The van der Waals surface area contributed by atoms with Crippen molar-refractivity contribution in [3.8, 4) is 0 Å². The van der Waals surface area contributed by atoms with E-state index in [1.165, 1.54) is 4.90 Å². The summed E-state index contributed by atoms with van der Waals surface area (Å²) in [6, 6.07) is -0.558. The minimum Gasteiger partial charge on any atom is -0.444 e. The minimum atomic E-state index is -0.578. The lowest BCUT2D eigenvalue weighted by molar-refractivity contribution is -0.146. The van der Waals surface area contributed by atoms with E-state index in [0.29, 0.717) is 6.54 Å². The van der Waals surface area contributed by atoms with Crippen molar-refractivity contribution in [1.82, 2.24) is 4.90 Å². The van der Waals surface area contributed by atoms with Crippen molar-refractivity contribution in [2.45, 2.75) is 65.7 Å². The van der Waals surface area contributed by atoms with E-state index in [0.717, 1.165) is 0 Å². The van der Waals surface area contributed by atoms with E-state index in [2.05, 4.69) is 0 Å². The molecule has 5 nitrogen and oxygen atoms in total. The maximum Gasteiger partial charge on any atom is 0.411 e. The number of ether oxygens (including phenoxy) is 2. The molecule has 1 aliphatic heterocycles. The third-order valence-corrected chi connectivity index (χ3v) is 3.08. The topological polar surface area (TPSA) is 55.8 Å². The highest BCUT2D eigenvalue weighted by Crippen LogP contribution is 2.24. The fraction of sp³-hybridized carbons (Fsp3) is 0.867. The predicted octanol–water partition coefficient (Wildman–Crippen LogP) is 2.63. The second-order valence-corrected chi connectivity index (χ2v) is 7.25. The number of rotatable bonds is 2. The van der Waals surface area contributed by atoms with Crippen LogP contribution in [0.15, 0.2) is 0 Å². The molecule has 0 aromatic carbocycles. The molecule has 1 saturated heterocycles. The standard InChI is InChI=1S/C15H27NO4/c1-10(2)12(17)11-8-19-15(6,7)9-16(11)13(18)20-14(3,4)5/h10-11H,8-9H2,1-7H3/t11-/m0/s1. The van der Waals surface area contributed by atoms with Gasteiger partial charge in [0.05, 0.1) is 18.8 Å². The first-order valence-corrected chi connectivity index (χ1v) is 7.10. The molecule has 1 atom stereocenters. The van der Waals surface area contributed by atoms with Gasteiger partial charge in [-0.2, -0.15) is 0 Å². The molecule has 0 N–H and O–H groups in total. The predicted molar refractivity (Wildman–Crippen MR) is 76.6 cm³/mol. The summed E-state index contributed by atoms with van der Waals surface area (Å²) in [4.78, 5) is 26.1. The van der Waals surface area contributed by atoms with Gasteiger partial charge in [-0.05, 0) is 34.6 Å². The number of carbonyl (C=O) groups is 2. The number of Topliss-reactive ketones (excluding diaryl/α,β-unsaturated/α-hetero) is 1. The first-order valence-electron chi connectivity index (χ1n) is 7.10. The molecule has 0 aliphatic carbocycles. The summed E-state index contributed by atoms with van der Waals surface area (Å²) in [5.41, 5.74) is -1.05. The summed E-state index contributed by atoms with van der Waals surface area (Å²) in [7, 11) is 0. The Labute approximate surface area is 121 Å². The molecule has 20 heavy (non-hydrogen) atoms. The smallest absolute Gasteiger partial charge is 0.411 e. The number of nitrogens with zero attached hydrogens (tertiary/aromatic N) is 1. The number of amides is 1. The van der Waals surface area contributed by atoms with Crippen molar-refractivity contribution in [3.63, 3.8) is 0 Å². The quantitative estimate of drug-likeness (QED) is 0.782. The molecular weight excluding hydrogens is 258 g/mol. The molecule has 116 valence electrons. The summed E-state index contributed by atoms with van der Waals surface area (Å²) >= 11 is 0. The highest BCUT2D eigenvalue weighted by molar-refractivity contribution is 5.89. The zero-order valence-electron chi connectivity index (χ0n) is 13.6.